The van der Waals surface area contributed by atoms with Crippen LogP contribution >= 0.6 is 11.9 Å². The number of carbonyl (C=O) groups is 1. The quantitative estimate of drug-likeness (QED) is 0.206. The van der Waals surface area contributed by atoms with E-state index in [1.54, 1.807) is 18.5 Å². The smallest absolute Gasteiger partial charge is 0.406 e. The van der Waals surface area contributed by atoms with Crippen LogP contribution in [0.3, 0.4) is 0 Å². The van der Waals surface area contributed by atoms with Gasteiger partial charge >= 0.3 is 12.4 Å². The van der Waals surface area contributed by atoms with Crippen LogP contribution in [0.25, 0.3) is 27.5 Å². The number of imidazole rings is 1. The van der Waals surface area contributed by atoms with Crippen LogP contribution < -0.4 is 14.8 Å². The van der Waals surface area contributed by atoms with E-state index in [0.717, 1.165) is 45.0 Å². The maximum atomic E-state index is 12.5. The van der Waals surface area contributed by atoms with Crippen molar-refractivity contribution in [1.82, 2.24) is 14.3 Å². The van der Waals surface area contributed by atoms with Crippen LogP contribution in [0.5, 0.6) is 5.75 Å². The number of hydrogen-bond acceptors (Lipinski definition) is 4. The van der Waals surface area contributed by atoms with Gasteiger partial charge in [0.05, 0.1) is 11.0 Å². The lowest BCUT2D eigenvalue weighted by molar-refractivity contribution is -0.274. The van der Waals surface area contributed by atoms with Gasteiger partial charge in [-0.2, -0.15) is 0 Å². The Morgan fingerprint density at radius 2 is 1.77 bits per heavy atom. The van der Waals surface area contributed by atoms with Gasteiger partial charge in [-0.1, -0.05) is 42.5 Å². The first-order chi connectivity index (χ1) is 19.2. The average molecular weight is 563 g/mol. The van der Waals surface area contributed by atoms with Crippen molar-refractivity contribution < 1.29 is 22.7 Å². The second kappa shape index (κ2) is 10.1. The molecule has 6 rings (SSSR count). The van der Waals surface area contributed by atoms with Crippen molar-refractivity contribution in [3.63, 3.8) is 0 Å². The zero-order valence-electron chi connectivity index (χ0n) is 21.6. The summed E-state index contributed by atoms with van der Waals surface area (Å²) in [6.07, 6.45) is -2.09. The Bertz CT molecular complexity index is 1710. The van der Waals surface area contributed by atoms with Crippen LogP contribution in [0.4, 0.5) is 23.7 Å². The Morgan fingerprint density at radius 3 is 2.50 bits per heavy atom. The van der Waals surface area contributed by atoms with Crippen LogP contribution in [-0.4, -0.2) is 27.2 Å². The number of ether oxygens (including phenoxy) is 1. The van der Waals surface area contributed by atoms with Crippen LogP contribution in [0.2, 0.25) is 0 Å². The number of fused-ring (bicyclic) bond motifs is 3. The van der Waals surface area contributed by atoms with Crippen molar-refractivity contribution in [2.24, 2.45) is 0 Å². The third kappa shape index (κ3) is 5.31. The van der Waals surface area contributed by atoms with E-state index in [0.29, 0.717) is 16.9 Å². The van der Waals surface area contributed by atoms with E-state index in [-0.39, 0.29) is 11.8 Å². The van der Waals surface area contributed by atoms with Gasteiger partial charge in [0, 0.05) is 22.0 Å². The van der Waals surface area contributed by atoms with Crippen molar-refractivity contribution in [2.75, 3.05) is 5.32 Å². The third-order valence-electron chi connectivity index (χ3n) is 7.09. The molecule has 0 aliphatic heterocycles. The molecule has 2 unspecified atom stereocenters. The monoisotopic (exact) mass is 562 g/mol. The van der Waals surface area contributed by atoms with Gasteiger partial charge in [0.2, 0.25) is 0 Å². The number of aryl methyl sites for hydroxylation is 2. The molecule has 1 fully saturated rings. The Hall–Kier alpha value is -4.18. The molecule has 1 aromatic heterocycles. The van der Waals surface area contributed by atoms with E-state index in [1.165, 1.54) is 29.6 Å². The second-order valence-electron chi connectivity index (χ2n) is 9.89. The lowest BCUT2D eigenvalue weighted by atomic mass is 10.0. The van der Waals surface area contributed by atoms with Crippen LogP contribution in [0.15, 0.2) is 79.1 Å². The fraction of sp³-hybridized carbons (Fsp3) is 0.200. The minimum atomic E-state index is -4.73. The van der Waals surface area contributed by atoms with Gasteiger partial charge in [-0.25, -0.2) is 9.78 Å². The van der Waals surface area contributed by atoms with Crippen molar-refractivity contribution in [1.29, 1.82) is 0 Å². The van der Waals surface area contributed by atoms with Gasteiger partial charge < -0.3 is 10.1 Å². The SMILES string of the molecule is Cc1cccc(C)c1NC(=O)NSC1CC1c1ccc2c(ccc3c2ncn3-c2ccc(OC(F)(F)F)cc2)c1. The van der Waals surface area contributed by atoms with Crippen LogP contribution in [0.1, 0.15) is 29.0 Å². The topological polar surface area (TPSA) is 68.2 Å². The number of amides is 2. The summed E-state index contributed by atoms with van der Waals surface area (Å²) in [5.41, 5.74) is 6.43. The number of carbonyl (C=O) groups excluding carboxylic acids is 1. The first-order valence-corrected chi connectivity index (χ1v) is 13.6. The predicted octanol–water partition coefficient (Wildman–Crippen LogP) is 8.02. The van der Waals surface area contributed by atoms with Gasteiger partial charge in [0.25, 0.3) is 0 Å². The molecule has 2 atom stereocenters. The fourth-order valence-electron chi connectivity index (χ4n) is 5.01. The van der Waals surface area contributed by atoms with Crippen LogP contribution in [-0.2, 0) is 0 Å². The molecule has 1 heterocycles. The minimum absolute atomic E-state index is 0.230. The molecular weight excluding hydrogens is 537 g/mol. The fourth-order valence-corrected chi connectivity index (χ4v) is 5.94. The molecular formula is C30H25F3N4O2S. The molecule has 4 aromatic carbocycles. The van der Waals surface area contributed by atoms with Crippen LogP contribution in [0, 0.1) is 13.8 Å². The Labute approximate surface area is 232 Å². The van der Waals surface area contributed by atoms with Gasteiger partial charge in [-0.05, 0) is 90.5 Å². The lowest BCUT2D eigenvalue weighted by Crippen LogP contribution is -2.24. The molecule has 1 aliphatic rings. The number of nitrogens with one attached hydrogen (secondary N) is 2. The highest BCUT2D eigenvalue weighted by molar-refractivity contribution is 7.98. The number of benzene rings is 4. The molecule has 10 heteroatoms. The largest absolute Gasteiger partial charge is 0.573 e. The normalized spacial score (nSPS) is 16.7. The molecule has 5 aromatic rings. The highest BCUT2D eigenvalue weighted by Crippen LogP contribution is 2.49. The number of alkyl halides is 3. The molecule has 6 nitrogen and oxygen atoms in total. The van der Waals surface area contributed by atoms with E-state index in [4.69, 9.17) is 0 Å². The summed E-state index contributed by atoms with van der Waals surface area (Å²) in [5.74, 6) is 0.0768. The number of hydrogen-bond donors (Lipinski definition) is 2. The molecule has 0 saturated heterocycles. The number of aromatic nitrogens is 2. The highest BCUT2D eigenvalue weighted by atomic mass is 32.2. The summed E-state index contributed by atoms with van der Waals surface area (Å²) in [7, 11) is 0. The number of para-hydroxylation sites is 1. The number of anilines is 1. The molecule has 204 valence electrons. The number of rotatable bonds is 6. The molecule has 2 amide bonds. The Balaban J connectivity index is 1.13. The number of nitrogens with zero attached hydrogens (tertiary/aromatic N) is 2. The molecule has 1 aliphatic carbocycles. The maximum Gasteiger partial charge on any atom is 0.573 e. The third-order valence-corrected chi connectivity index (χ3v) is 8.21. The van der Waals surface area contributed by atoms with Crippen molar-refractivity contribution in [2.45, 2.75) is 37.8 Å². The van der Waals surface area contributed by atoms with Crippen molar-refractivity contribution in [3.05, 3.63) is 95.8 Å². The Morgan fingerprint density at radius 1 is 1.02 bits per heavy atom. The van der Waals surface area contributed by atoms with Gasteiger partial charge in [0.1, 0.15) is 12.1 Å². The van der Waals surface area contributed by atoms with Crippen molar-refractivity contribution >= 4 is 45.5 Å². The van der Waals surface area contributed by atoms with Crippen molar-refractivity contribution in [3.8, 4) is 11.4 Å². The molecule has 40 heavy (non-hydrogen) atoms. The molecule has 2 N–H and O–H groups in total. The summed E-state index contributed by atoms with van der Waals surface area (Å²) in [4.78, 5) is 17.1. The summed E-state index contributed by atoms with van der Waals surface area (Å²) >= 11 is 1.45. The zero-order chi connectivity index (χ0) is 28.0. The summed E-state index contributed by atoms with van der Waals surface area (Å²) in [6, 6.07) is 21.7. The predicted molar refractivity (Wildman–Crippen MR) is 152 cm³/mol. The molecule has 0 radical (unpaired) electrons. The van der Waals surface area contributed by atoms with E-state index < -0.39 is 6.36 Å². The first-order valence-electron chi connectivity index (χ1n) is 12.7. The van der Waals surface area contributed by atoms with E-state index >= 15 is 0 Å². The first kappa shape index (κ1) is 26.1. The zero-order valence-corrected chi connectivity index (χ0v) is 22.4. The average Bonchev–Trinajstić information content (AvgIpc) is 3.57. The summed E-state index contributed by atoms with van der Waals surface area (Å²) in [6.45, 7) is 3.94. The minimum Gasteiger partial charge on any atom is -0.406 e. The number of halogens is 3. The Kier molecular flexibility index (Phi) is 6.58. The van der Waals surface area contributed by atoms with Gasteiger partial charge in [-0.3, -0.25) is 9.29 Å². The van der Waals surface area contributed by atoms with Gasteiger partial charge in [-0.15, -0.1) is 13.2 Å². The molecule has 0 bridgehead atoms. The van der Waals surface area contributed by atoms with E-state index in [1.807, 2.05) is 48.7 Å². The van der Waals surface area contributed by atoms with Gasteiger partial charge in [0.15, 0.2) is 0 Å². The highest BCUT2D eigenvalue weighted by Gasteiger charge is 2.39. The lowest BCUT2D eigenvalue weighted by Gasteiger charge is -2.12. The number of urea groups is 1. The summed E-state index contributed by atoms with van der Waals surface area (Å²) < 4.78 is 46.2. The second-order valence-corrected chi connectivity index (χ2v) is 10.9. The van der Waals surface area contributed by atoms with E-state index in [9.17, 15) is 18.0 Å². The molecule has 0 spiro atoms. The standard InChI is InChI=1S/C30H25F3N4O2S/c1-17-4-3-5-18(2)27(17)35-29(38)36-40-26-15-24(26)20-6-12-23-19(14-20)7-13-25-28(23)34-16-37(25)21-8-10-22(11-9-21)39-30(31,32)33/h3-14,16,24,26H,15H2,1-2H3,(H2,35,36,38). The maximum absolute atomic E-state index is 12.5. The summed E-state index contributed by atoms with van der Waals surface area (Å²) in [5, 5.41) is 5.30. The molecule has 1 saturated carbocycles. The van der Waals surface area contributed by atoms with E-state index in [2.05, 4.69) is 38.0 Å².